The fourth-order valence-electron chi connectivity index (χ4n) is 10.1. The minimum atomic E-state index is -1.71. The highest BCUT2D eigenvalue weighted by Gasteiger charge is 2.67. The lowest BCUT2D eigenvalue weighted by molar-refractivity contribution is -0.207. The average molecular weight is 477 g/mol. The van der Waals surface area contributed by atoms with Gasteiger partial charge in [-0.15, -0.1) is 0 Å². The van der Waals surface area contributed by atoms with Crippen LogP contribution in [0.4, 0.5) is 0 Å². The zero-order valence-corrected chi connectivity index (χ0v) is 24.0. The van der Waals surface area contributed by atoms with E-state index in [1.807, 2.05) is 6.92 Å². The van der Waals surface area contributed by atoms with E-state index in [9.17, 15) is 9.90 Å². The van der Waals surface area contributed by atoms with Gasteiger partial charge in [0.05, 0.1) is 12.0 Å². The van der Waals surface area contributed by atoms with E-state index < -0.39 is 14.3 Å². The van der Waals surface area contributed by atoms with Crippen LogP contribution in [0, 0.1) is 64.1 Å². The molecule has 0 aromatic rings. The third-order valence-corrected chi connectivity index (χ3v) is 12.8. The molecule has 190 valence electrons. The van der Waals surface area contributed by atoms with Crippen LogP contribution in [0.3, 0.4) is 0 Å². The van der Waals surface area contributed by atoms with Gasteiger partial charge >= 0.3 is 5.97 Å². The van der Waals surface area contributed by atoms with E-state index >= 15 is 0 Å². The molecular formula is C29H52O3Si. The van der Waals surface area contributed by atoms with Crippen molar-refractivity contribution in [1.29, 1.82) is 0 Å². The first-order valence-electron chi connectivity index (χ1n) is 14.2. The molecule has 33 heavy (non-hydrogen) atoms. The van der Waals surface area contributed by atoms with E-state index in [0.29, 0.717) is 41.1 Å². The summed E-state index contributed by atoms with van der Waals surface area (Å²) in [6, 6.07) is 0. The van der Waals surface area contributed by atoms with Gasteiger partial charge in [0.1, 0.15) is 0 Å². The van der Waals surface area contributed by atoms with E-state index in [4.69, 9.17) is 4.43 Å². The number of hydrogen-bond donors (Lipinski definition) is 1. The first-order chi connectivity index (χ1) is 15.3. The number of fused-ring (bicyclic) bond motifs is 5. The molecule has 0 amide bonds. The Balaban J connectivity index is 1.81. The number of hydrogen-bond acceptors (Lipinski definition) is 2. The predicted octanol–water partition coefficient (Wildman–Crippen LogP) is 7.71. The second-order valence-electron chi connectivity index (χ2n) is 14.4. The lowest BCUT2D eigenvalue weighted by Gasteiger charge is -2.67. The van der Waals surface area contributed by atoms with Gasteiger partial charge in [-0.05, 0) is 110 Å². The molecule has 4 aliphatic carbocycles. The molecule has 12 atom stereocenters. The molecule has 0 heterocycles. The molecule has 4 aliphatic rings. The summed E-state index contributed by atoms with van der Waals surface area (Å²) >= 11 is 0. The fourth-order valence-corrected chi connectivity index (χ4v) is 11.2. The summed E-state index contributed by atoms with van der Waals surface area (Å²) in [5.74, 6) is 4.22. The van der Waals surface area contributed by atoms with Crippen molar-refractivity contribution < 1.29 is 14.3 Å². The highest BCUT2D eigenvalue weighted by Crippen LogP contribution is 2.71. The summed E-state index contributed by atoms with van der Waals surface area (Å²) in [6.07, 6.45) is 9.26. The Labute approximate surface area is 205 Å². The number of carboxylic acid groups (broad SMARTS) is 1. The highest BCUT2D eigenvalue weighted by atomic mass is 28.4. The van der Waals surface area contributed by atoms with Gasteiger partial charge < -0.3 is 9.53 Å². The van der Waals surface area contributed by atoms with E-state index in [0.717, 1.165) is 24.2 Å². The Morgan fingerprint density at radius 1 is 1.06 bits per heavy atom. The van der Waals surface area contributed by atoms with Gasteiger partial charge in [-0.3, -0.25) is 4.79 Å². The second-order valence-corrected chi connectivity index (χ2v) is 18.8. The first-order valence-corrected chi connectivity index (χ1v) is 17.6. The van der Waals surface area contributed by atoms with Crippen LogP contribution >= 0.6 is 0 Å². The van der Waals surface area contributed by atoms with Gasteiger partial charge in [0, 0.05) is 0 Å². The van der Waals surface area contributed by atoms with E-state index in [1.54, 1.807) is 0 Å². The van der Waals surface area contributed by atoms with Crippen molar-refractivity contribution in [2.75, 3.05) is 0 Å². The zero-order valence-electron chi connectivity index (χ0n) is 23.0. The van der Waals surface area contributed by atoms with Crippen LogP contribution in [0.5, 0.6) is 0 Å². The van der Waals surface area contributed by atoms with Gasteiger partial charge in [0.2, 0.25) is 0 Å². The van der Waals surface area contributed by atoms with Crippen LogP contribution in [0.25, 0.3) is 0 Å². The molecule has 0 saturated heterocycles. The Morgan fingerprint density at radius 3 is 2.30 bits per heavy atom. The van der Waals surface area contributed by atoms with Crippen LogP contribution < -0.4 is 0 Å². The van der Waals surface area contributed by atoms with Crippen molar-refractivity contribution in [2.24, 2.45) is 64.1 Å². The van der Waals surface area contributed by atoms with Crippen molar-refractivity contribution in [3.63, 3.8) is 0 Å². The van der Waals surface area contributed by atoms with Crippen LogP contribution in [0.15, 0.2) is 0 Å². The molecule has 0 aromatic carbocycles. The van der Waals surface area contributed by atoms with E-state index in [-0.39, 0.29) is 11.3 Å². The molecule has 4 rings (SSSR count). The second kappa shape index (κ2) is 8.64. The van der Waals surface area contributed by atoms with Crippen molar-refractivity contribution in [1.82, 2.24) is 0 Å². The van der Waals surface area contributed by atoms with Gasteiger partial charge in [0.25, 0.3) is 0 Å². The number of carboxylic acids is 1. The third kappa shape index (κ3) is 3.98. The van der Waals surface area contributed by atoms with Crippen molar-refractivity contribution in [3.8, 4) is 0 Å². The highest BCUT2D eigenvalue weighted by molar-refractivity contribution is 6.69. The molecule has 4 saturated carbocycles. The third-order valence-electron chi connectivity index (χ3n) is 11.8. The normalized spacial score (nSPS) is 50.8. The number of aliphatic carboxylic acids is 1. The lowest BCUT2D eigenvalue weighted by Crippen LogP contribution is -2.64. The van der Waals surface area contributed by atoms with Crippen molar-refractivity contribution in [3.05, 3.63) is 0 Å². The molecular weight excluding hydrogens is 424 g/mol. The minimum absolute atomic E-state index is 0.115. The number of carbonyl (C=O) groups is 1. The van der Waals surface area contributed by atoms with Crippen LogP contribution in [0.1, 0.15) is 86.5 Å². The average Bonchev–Trinajstić information content (AvgIpc) is 3.07. The molecule has 0 aliphatic heterocycles. The van der Waals surface area contributed by atoms with E-state index in [2.05, 4.69) is 54.3 Å². The summed E-state index contributed by atoms with van der Waals surface area (Å²) < 4.78 is 7.24. The number of rotatable bonds is 5. The smallest absolute Gasteiger partial charge is 0.306 e. The molecule has 3 nitrogen and oxygen atoms in total. The maximum absolute atomic E-state index is 12.1. The minimum Gasteiger partial charge on any atom is -0.481 e. The Hall–Kier alpha value is -0.353. The molecule has 0 aromatic heterocycles. The summed E-state index contributed by atoms with van der Waals surface area (Å²) in [4.78, 5) is 12.1. The predicted molar refractivity (Wildman–Crippen MR) is 138 cm³/mol. The molecule has 4 fully saturated rings. The van der Waals surface area contributed by atoms with Crippen molar-refractivity contribution in [2.45, 2.75) is 112 Å². The molecule has 0 unspecified atom stereocenters. The van der Waals surface area contributed by atoms with Crippen molar-refractivity contribution >= 4 is 14.3 Å². The summed E-state index contributed by atoms with van der Waals surface area (Å²) in [7, 11) is -1.71. The topological polar surface area (TPSA) is 46.5 Å². The van der Waals surface area contributed by atoms with Gasteiger partial charge in [-0.25, -0.2) is 0 Å². The molecule has 0 bridgehead atoms. The SMILES string of the molecule is CC[C@H]1[C@@H](O[Si](C)(C)C)[C@@H]2[C@H](C[C@H](C)[C@]3(C)[C@@H]([C@H](C)C(=O)O)CC[C@@H]23)[C@@]2(C)CC[C@@H](C)C[C@@H]12. The van der Waals surface area contributed by atoms with E-state index in [1.165, 1.54) is 38.5 Å². The Morgan fingerprint density at radius 2 is 1.73 bits per heavy atom. The van der Waals surface area contributed by atoms with Crippen LogP contribution in [-0.4, -0.2) is 25.5 Å². The first kappa shape index (κ1) is 25.7. The standard InChI is InChI=1S/C29H52O3Si/c1-10-20-23-15-17(2)13-14-28(23,5)24-16-18(3)29(6)21(19(4)27(30)31)11-12-22(29)25(24)26(20)32-33(7,8)9/h17-26H,10-16H2,1-9H3,(H,30,31)/t17-,18+,19+,20-,21-,22+,23+,24+,25+,26-,28+,29-/m1/s1. The summed E-state index contributed by atoms with van der Waals surface area (Å²) in [5.41, 5.74) is 0.534. The maximum atomic E-state index is 12.1. The Bertz CT molecular complexity index is 746. The maximum Gasteiger partial charge on any atom is 0.306 e. The molecule has 4 heteroatoms. The fraction of sp³-hybridized carbons (Fsp3) is 0.966. The largest absolute Gasteiger partial charge is 0.481 e. The van der Waals surface area contributed by atoms with Gasteiger partial charge in [-0.1, -0.05) is 54.4 Å². The quantitative estimate of drug-likeness (QED) is 0.413. The monoisotopic (exact) mass is 476 g/mol. The lowest BCUT2D eigenvalue weighted by atomic mass is 9.39. The summed E-state index contributed by atoms with van der Waals surface area (Å²) in [5, 5.41) is 9.95. The molecule has 1 N–H and O–H groups in total. The Kier molecular flexibility index (Phi) is 6.74. The van der Waals surface area contributed by atoms with Gasteiger partial charge in [-0.2, -0.15) is 0 Å². The summed E-state index contributed by atoms with van der Waals surface area (Å²) in [6.45, 7) is 21.6. The van der Waals surface area contributed by atoms with Crippen LogP contribution in [-0.2, 0) is 9.22 Å². The zero-order chi connectivity index (χ0) is 24.5. The van der Waals surface area contributed by atoms with Gasteiger partial charge in [0.15, 0.2) is 8.32 Å². The van der Waals surface area contributed by atoms with Crippen LogP contribution in [0.2, 0.25) is 19.6 Å². The molecule has 0 spiro atoms. The molecule has 0 radical (unpaired) electrons.